The number of aromatic nitrogens is 2. The molecular formula is C16H17N3. The Morgan fingerprint density at radius 2 is 1.89 bits per heavy atom. The van der Waals surface area contributed by atoms with E-state index in [1.807, 2.05) is 6.20 Å². The molecule has 0 aliphatic carbocycles. The van der Waals surface area contributed by atoms with Crippen LogP contribution in [0.5, 0.6) is 0 Å². The van der Waals surface area contributed by atoms with Gasteiger partial charge in [-0.2, -0.15) is 5.10 Å². The minimum absolute atomic E-state index is 0.849. The minimum atomic E-state index is 0.849. The van der Waals surface area contributed by atoms with Crippen LogP contribution in [0.15, 0.2) is 42.6 Å². The molecule has 0 radical (unpaired) electrons. The second-order valence-electron chi connectivity index (χ2n) is 4.90. The van der Waals surface area contributed by atoms with Gasteiger partial charge in [0.15, 0.2) is 0 Å². The van der Waals surface area contributed by atoms with Gasteiger partial charge in [0, 0.05) is 17.6 Å². The average molecular weight is 251 g/mol. The summed E-state index contributed by atoms with van der Waals surface area (Å²) in [7, 11) is 0. The average Bonchev–Trinajstić information content (AvgIpc) is 2.85. The third-order valence-electron chi connectivity index (χ3n) is 3.55. The van der Waals surface area contributed by atoms with Crippen molar-refractivity contribution in [3.63, 3.8) is 0 Å². The zero-order valence-corrected chi connectivity index (χ0v) is 11.2. The lowest BCUT2D eigenvalue weighted by atomic mass is 10.0. The standard InChI is InChI=1S/C16H17N3/c1-11-4-3-5-12(2)15(11)10-17-14-6-7-16-13(8-14)9-18-19-16/h3-9,17H,10H2,1-2H3,(H,18,19). The summed E-state index contributed by atoms with van der Waals surface area (Å²) >= 11 is 0. The summed E-state index contributed by atoms with van der Waals surface area (Å²) in [6.07, 6.45) is 1.85. The number of rotatable bonds is 3. The van der Waals surface area contributed by atoms with Gasteiger partial charge in [-0.25, -0.2) is 0 Å². The lowest BCUT2D eigenvalue weighted by Crippen LogP contribution is -2.03. The molecular weight excluding hydrogens is 234 g/mol. The molecule has 0 amide bonds. The highest BCUT2D eigenvalue weighted by molar-refractivity contribution is 5.81. The third kappa shape index (κ3) is 2.32. The zero-order chi connectivity index (χ0) is 13.2. The molecule has 96 valence electrons. The smallest absolute Gasteiger partial charge is 0.0651 e. The quantitative estimate of drug-likeness (QED) is 0.743. The minimum Gasteiger partial charge on any atom is -0.381 e. The molecule has 2 N–H and O–H groups in total. The van der Waals surface area contributed by atoms with Crippen molar-refractivity contribution in [3.05, 3.63) is 59.3 Å². The highest BCUT2D eigenvalue weighted by atomic mass is 15.1. The van der Waals surface area contributed by atoms with E-state index in [-0.39, 0.29) is 0 Å². The number of hydrogen-bond acceptors (Lipinski definition) is 2. The molecule has 3 rings (SSSR count). The summed E-state index contributed by atoms with van der Waals surface area (Å²) < 4.78 is 0. The molecule has 3 aromatic rings. The fourth-order valence-corrected chi connectivity index (χ4v) is 2.37. The van der Waals surface area contributed by atoms with E-state index in [1.54, 1.807) is 0 Å². The molecule has 0 unspecified atom stereocenters. The maximum absolute atomic E-state index is 4.04. The van der Waals surface area contributed by atoms with Crippen LogP contribution in [0.2, 0.25) is 0 Å². The summed E-state index contributed by atoms with van der Waals surface area (Å²) in [5.41, 5.74) is 6.22. The first kappa shape index (κ1) is 11.8. The van der Waals surface area contributed by atoms with Crippen molar-refractivity contribution in [1.29, 1.82) is 0 Å². The summed E-state index contributed by atoms with van der Waals surface area (Å²) in [5.74, 6) is 0. The van der Waals surface area contributed by atoms with Gasteiger partial charge in [0.05, 0.1) is 11.7 Å². The zero-order valence-electron chi connectivity index (χ0n) is 11.2. The van der Waals surface area contributed by atoms with Gasteiger partial charge in [-0.05, 0) is 48.7 Å². The molecule has 0 saturated carbocycles. The topological polar surface area (TPSA) is 40.7 Å². The fourth-order valence-electron chi connectivity index (χ4n) is 2.37. The van der Waals surface area contributed by atoms with Gasteiger partial charge >= 0.3 is 0 Å². The number of nitrogens with one attached hydrogen (secondary N) is 2. The summed E-state index contributed by atoms with van der Waals surface area (Å²) in [6.45, 7) is 5.16. The number of hydrogen-bond donors (Lipinski definition) is 2. The van der Waals surface area contributed by atoms with E-state index in [0.29, 0.717) is 0 Å². The molecule has 3 heteroatoms. The van der Waals surface area contributed by atoms with Crippen molar-refractivity contribution in [3.8, 4) is 0 Å². The number of nitrogens with zero attached hydrogens (tertiary/aromatic N) is 1. The van der Waals surface area contributed by atoms with Crippen molar-refractivity contribution in [1.82, 2.24) is 10.2 Å². The summed E-state index contributed by atoms with van der Waals surface area (Å²) in [6, 6.07) is 12.7. The molecule has 1 heterocycles. The maximum atomic E-state index is 4.04. The van der Waals surface area contributed by atoms with E-state index in [1.165, 1.54) is 16.7 Å². The Morgan fingerprint density at radius 3 is 2.68 bits per heavy atom. The first-order chi connectivity index (χ1) is 9.24. The van der Waals surface area contributed by atoms with Crippen LogP contribution >= 0.6 is 0 Å². The molecule has 0 atom stereocenters. The number of H-pyrrole nitrogens is 1. The second kappa shape index (κ2) is 4.76. The summed E-state index contributed by atoms with van der Waals surface area (Å²) in [4.78, 5) is 0. The Morgan fingerprint density at radius 1 is 1.11 bits per heavy atom. The number of anilines is 1. The van der Waals surface area contributed by atoms with Crippen LogP contribution in [0.1, 0.15) is 16.7 Å². The molecule has 19 heavy (non-hydrogen) atoms. The number of benzene rings is 2. The summed E-state index contributed by atoms with van der Waals surface area (Å²) in [5, 5.41) is 11.6. The second-order valence-corrected chi connectivity index (χ2v) is 4.90. The number of fused-ring (bicyclic) bond motifs is 1. The van der Waals surface area contributed by atoms with Crippen molar-refractivity contribution in [2.24, 2.45) is 0 Å². The predicted octanol–water partition coefficient (Wildman–Crippen LogP) is 3.79. The van der Waals surface area contributed by atoms with Gasteiger partial charge in [-0.1, -0.05) is 18.2 Å². The van der Waals surface area contributed by atoms with Crippen LogP contribution in [0.25, 0.3) is 10.9 Å². The van der Waals surface area contributed by atoms with E-state index in [4.69, 9.17) is 0 Å². The lowest BCUT2D eigenvalue weighted by molar-refractivity contribution is 1.09. The monoisotopic (exact) mass is 251 g/mol. The Hall–Kier alpha value is -2.29. The van der Waals surface area contributed by atoms with Crippen LogP contribution in [0, 0.1) is 13.8 Å². The molecule has 0 aliphatic heterocycles. The molecule has 0 spiro atoms. The highest BCUT2D eigenvalue weighted by Gasteiger charge is 2.02. The fraction of sp³-hybridized carbons (Fsp3) is 0.188. The van der Waals surface area contributed by atoms with Gasteiger partial charge in [0.1, 0.15) is 0 Å². The van der Waals surface area contributed by atoms with Crippen LogP contribution < -0.4 is 5.32 Å². The van der Waals surface area contributed by atoms with E-state index in [0.717, 1.165) is 23.1 Å². The Bertz CT molecular complexity index is 693. The maximum Gasteiger partial charge on any atom is 0.0651 e. The van der Waals surface area contributed by atoms with Crippen LogP contribution in [0.4, 0.5) is 5.69 Å². The molecule has 1 aromatic heterocycles. The number of aromatic amines is 1. The van der Waals surface area contributed by atoms with E-state index in [2.05, 4.69) is 65.8 Å². The van der Waals surface area contributed by atoms with E-state index >= 15 is 0 Å². The van der Waals surface area contributed by atoms with Crippen molar-refractivity contribution in [2.45, 2.75) is 20.4 Å². The van der Waals surface area contributed by atoms with Crippen LogP contribution in [-0.4, -0.2) is 10.2 Å². The van der Waals surface area contributed by atoms with Crippen LogP contribution in [0.3, 0.4) is 0 Å². The van der Waals surface area contributed by atoms with Gasteiger partial charge in [-0.3, -0.25) is 5.10 Å². The molecule has 3 nitrogen and oxygen atoms in total. The highest BCUT2D eigenvalue weighted by Crippen LogP contribution is 2.19. The normalized spacial score (nSPS) is 10.8. The Labute approximate surface area is 112 Å². The Kier molecular flexibility index (Phi) is 2.95. The molecule has 0 saturated heterocycles. The van der Waals surface area contributed by atoms with Gasteiger partial charge in [0.2, 0.25) is 0 Å². The van der Waals surface area contributed by atoms with Crippen LogP contribution in [-0.2, 0) is 6.54 Å². The Balaban J connectivity index is 1.82. The van der Waals surface area contributed by atoms with Crippen molar-refractivity contribution < 1.29 is 0 Å². The first-order valence-corrected chi connectivity index (χ1v) is 6.46. The van der Waals surface area contributed by atoms with Gasteiger partial charge in [0.25, 0.3) is 0 Å². The van der Waals surface area contributed by atoms with Gasteiger partial charge in [-0.15, -0.1) is 0 Å². The largest absolute Gasteiger partial charge is 0.381 e. The van der Waals surface area contributed by atoms with E-state index in [9.17, 15) is 0 Å². The van der Waals surface area contributed by atoms with Crippen molar-refractivity contribution in [2.75, 3.05) is 5.32 Å². The predicted molar refractivity (Wildman–Crippen MR) is 79.3 cm³/mol. The van der Waals surface area contributed by atoms with Crippen molar-refractivity contribution >= 4 is 16.6 Å². The number of aryl methyl sites for hydroxylation is 2. The molecule has 0 bridgehead atoms. The molecule has 2 aromatic carbocycles. The third-order valence-corrected chi connectivity index (χ3v) is 3.55. The van der Waals surface area contributed by atoms with Gasteiger partial charge < -0.3 is 5.32 Å². The first-order valence-electron chi connectivity index (χ1n) is 6.46. The molecule has 0 aliphatic rings. The molecule has 0 fully saturated rings. The van der Waals surface area contributed by atoms with E-state index < -0.39 is 0 Å². The SMILES string of the molecule is Cc1cccc(C)c1CNc1ccc2[nH]ncc2c1. The lowest BCUT2D eigenvalue weighted by Gasteiger charge is -2.12.